The van der Waals surface area contributed by atoms with Crippen LogP contribution in [0.5, 0.6) is 0 Å². The minimum absolute atomic E-state index is 0.554. The van der Waals surface area contributed by atoms with Gasteiger partial charge in [0.25, 0.3) is 0 Å². The summed E-state index contributed by atoms with van der Waals surface area (Å²) < 4.78 is 5.21. The van der Waals surface area contributed by atoms with Gasteiger partial charge >= 0.3 is 0 Å². The molecule has 1 saturated heterocycles. The molecule has 42 heavy (non-hydrogen) atoms. The van der Waals surface area contributed by atoms with Crippen molar-refractivity contribution >= 4 is 0 Å². The second-order valence-electron chi connectivity index (χ2n) is 19.8. The second-order valence-corrected chi connectivity index (χ2v) is 19.8. The fraction of sp³-hybridized carbons (Fsp3) is 1.00. The Morgan fingerprint density at radius 2 is 0.429 bits per heavy atom. The van der Waals surface area contributed by atoms with E-state index in [4.69, 9.17) is 4.74 Å². The van der Waals surface area contributed by atoms with Gasteiger partial charge in [-0.2, -0.15) is 0 Å². The molecule has 0 atom stereocenters. The molecule has 252 valence electrons. The zero-order valence-electron chi connectivity index (χ0n) is 31.7. The number of hydrogen-bond donors (Lipinski definition) is 0. The average Bonchev–Trinajstić information content (AvgIpc) is 3.40. The Kier molecular flexibility index (Phi) is 17.3. The summed E-state index contributed by atoms with van der Waals surface area (Å²) in [5.74, 6) is 0. The number of rotatable bonds is 0. The maximum absolute atomic E-state index is 5.21. The van der Waals surface area contributed by atoms with Crippen LogP contribution in [0.3, 0.4) is 0 Å². The van der Waals surface area contributed by atoms with Gasteiger partial charge in [0.2, 0.25) is 0 Å². The van der Waals surface area contributed by atoms with E-state index in [1.165, 1.54) is 135 Å². The molecule has 5 saturated carbocycles. The third-order valence-corrected chi connectivity index (χ3v) is 11.2. The lowest BCUT2D eigenvalue weighted by molar-refractivity contribution is 0.0327. The smallest absolute Gasteiger partial charge is 0.0471 e. The second kappa shape index (κ2) is 18.2. The van der Waals surface area contributed by atoms with Crippen molar-refractivity contribution in [2.45, 2.75) is 218 Å². The molecule has 1 aliphatic heterocycles. The number of hydrogen-bond acceptors (Lipinski definition) is 1. The highest BCUT2D eigenvalue weighted by Gasteiger charge is 2.30. The zero-order valence-corrected chi connectivity index (χ0v) is 31.7. The summed E-state index contributed by atoms with van der Waals surface area (Å²) in [4.78, 5) is 0. The summed E-state index contributed by atoms with van der Waals surface area (Å²) in [5.41, 5.74) is 4.08. The van der Waals surface area contributed by atoms with Gasteiger partial charge in [-0.15, -0.1) is 0 Å². The van der Waals surface area contributed by atoms with Crippen molar-refractivity contribution in [2.75, 3.05) is 13.2 Å². The molecule has 0 aromatic carbocycles. The van der Waals surface area contributed by atoms with Gasteiger partial charge in [0, 0.05) is 13.2 Å². The maximum Gasteiger partial charge on any atom is 0.0471 e. The Labute approximate surface area is 267 Å². The summed E-state index contributed by atoms with van der Waals surface area (Å²) in [5, 5.41) is 0. The van der Waals surface area contributed by atoms with E-state index in [1.54, 1.807) is 0 Å². The van der Waals surface area contributed by atoms with E-state index in [1.807, 2.05) is 0 Å². The van der Waals surface area contributed by atoms with Crippen molar-refractivity contribution in [3.05, 3.63) is 0 Å². The Morgan fingerprint density at radius 1 is 0.238 bits per heavy atom. The molecule has 0 spiro atoms. The average molecular weight is 591 g/mol. The van der Waals surface area contributed by atoms with E-state index in [0.717, 1.165) is 24.0 Å². The lowest BCUT2D eigenvalue weighted by atomic mass is 9.72. The van der Waals surface area contributed by atoms with Crippen LogP contribution in [-0.4, -0.2) is 13.2 Å². The third-order valence-electron chi connectivity index (χ3n) is 11.2. The van der Waals surface area contributed by atoms with Gasteiger partial charge in [0.1, 0.15) is 0 Å². The Hall–Kier alpha value is -0.0400. The van der Waals surface area contributed by atoms with E-state index >= 15 is 0 Å². The van der Waals surface area contributed by atoms with E-state index < -0.39 is 0 Å². The van der Waals surface area contributed by atoms with Crippen LogP contribution in [0.15, 0.2) is 0 Å². The minimum Gasteiger partial charge on any atom is -0.381 e. The van der Waals surface area contributed by atoms with Crippen LogP contribution < -0.4 is 0 Å². The van der Waals surface area contributed by atoms with Crippen LogP contribution in [-0.2, 0) is 4.74 Å². The molecule has 6 fully saturated rings. The van der Waals surface area contributed by atoms with Gasteiger partial charge in [0.05, 0.1) is 0 Å². The van der Waals surface area contributed by atoms with Crippen LogP contribution in [0.2, 0.25) is 0 Å². The molecule has 5 aliphatic carbocycles. The third kappa shape index (κ3) is 22.5. The maximum atomic E-state index is 5.21. The first-order chi connectivity index (χ1) is 19.2. The monoisotopic (exact) mass is 591 g/mol. The molecule has 0 unspecified atom stereocenters. The first-order valence-electron chi connectivity index (χ1n) is 18.8. The normalized spacial score (nSPS) is 28.3. The summed E-state index contributed by atoms with van der Waals surface area (Å²) in [6, 6.07) is 0. The minimum atomic E-state index is 0.554. The lowest BCUT2D eigenvalue weighted by Gasteiger charge is -2.33. The van der Waals surface area contributed by atoms with Gasteiger partial charge in [-0.05, 0) is 110 Å². The molecule has 1 heterocycles. The molecule has 6 aliphatic rings. The van der Waals surface area contributed by atoms with Gasteiger partial charge in [0.15, 0.2) is 0 Å². The first kappa shape index (κ1) is 40.0. The highest BCUT2D eigenvalue weighted by Crippen LogP contribution is 2.43. The topological polar surface area (TPSA) is 9.23 Å². The van der Waals surface area contributed by atoms with Crippen molar-refractivity contribution < 1.29 is 4.74 Å². The molecule has 0 N–H and O–H groups in total. The van der Waals surface area contributed by atoms with Gasteiger partial charge < -0.3 is 4.74 Å². The first-order valence-corrected chi connectivity index (χ1v) is 18.8. The molecule has 0 aromatic rings. The summed E-state index contributed by atoms with van der Waals surface area (Å²) >= 11 is 0. The summed E-state index contributed by atoms with van der Waals surface area (Å²) in [7, 11) is 0. The fourth-order valence-corrected chi connectivity index (χ4v) is 6.41. The van der Waals surface area contributed by atoms with Crippen LogP contribution in [0.1, 0.15) is 218 Å². The highest BCUT2D eigenvalue weighted by molar-refractivity contribution is 4.82. The standard InChI is InChI=1S/2C8H16.C7H14O.C7H14.C6H12.C5H10/c2*1-8(2)6-4-3-5-7-8;1-7(2)3-5-8-6-4-7;1-7(2)5-3-4-6-7;1-6(2)4-3-5-6;1-5(2)3-4-5/h2*3-7H2,1-2H3;3-6H2,1-2H3;3-6H2,1-2H3;3-5H2,1-2H3;3-4H2,1-2H3. The van der Waals surface area contributed by atoms with Crippen molar-refractivity contribution in [3.8, 4) is 0 Å². The Bertz CT molecular complexity index is 595. The predicted octanol–water partition coefficient (Wildman–Crippen LogP) is 14.4. The molecule has 0 aromatic heterocycles. The van der Waals surface area contributed by atoms with E-state index in [2.05, 4.69) is 83.1 Å². The zero-order chi connectivity index (χ0) is 32.0. The van der Waals surface area contributed by atoms with Crippen LogP contribution >= 0.6 is 0 Å². The van der Waals surface area contributed by atoms with Gasteiger partial charge in [-0.25, -0.2) is 0 Å². The molecular formula is C41H82O. The van der Waals surface area contributed by atoms with E-state index in [-0.39, 0.29) is 0 Å². The summed E-state index contributed by atoms with van der Waals surface area (Å²) in [6.45, 7) is 30.0. The van der Waals surface area contributed by atoms with Crippen LogP contribution in [0, 0.1) is 32.5 Å². The van der Waals surface area contributed by atoms with E-state index in [9.17, 15) is 0 Å². The van der Waals surface area contributed by atoms with Crippen LogP contribution in [0.25, 0.3) is 0 Å². The summed E-state index contributed by atoms with van der Waals surface area (Å²) in [6.07, 6.45) is 30.2. The molecule has 0 amide bonds. The Balaban J connectivity index is 0.000000254. The van der Waals surface area contributed by atoms with Gasteiger partial charge in [-0.1, -0.05) is 141 Å². The Morgan fingerprint density at radius 3 is 0.524 bits per heavy atom. The predicted molar refractivity (Wildman–Crippen MR) is 190 cm³/mol. The molecule has 1 heteroatoms. The highest BCUT2D eigenvalue weighted by atomic mass is 16.5. The molecular weight excluding hydrogens is 508 g/mol. The number of ether oxygens (including phenoxy) is 1. The van der Waals surface area contributed by atoms with Crippen molar-refractivity contribution in [1.29, 1.82) is 0 Å². The van der Waals surface area contributed by atoms with Crippen LogP contribution in [0.4, 0.5) is 0 Å². The molecule has 1 nitrogen and oxygen atoms in total. The van der Waals surface area contributed by atoms with Crippen molar-refractivity contribution in [2.24, 2.45) is 32.5 Å². The van der Waals surface area contributed by atoms with Crippen molar-refractivity contribution in [1.82, 2.24) is 0 Å². The van der Waals surface area contributed by atoms with Gasteiger partial charge in [-0.3, -0.25) is 0 Å². The lowest BCUT2D eigenvalue weighted by Crippen LogP contribution is -2.22. The van der Waals surface area contributed by atoms with Crippen molar-refractivity contribution in [3.63, 3.8) is 0 Å². The molecule has 0 bridgehead atoms. The fourth-order valence-electron chi connectivity index (χ4n) is 6.41. The SMILES string of the molecule is CC1(C)CC1.CC1(C)CCC1.CC1(C)CCCC1.CC1(C)CCCCC1.CC1(C)CCCCC1.CC1(C)CCOCC1. The quantitative estimate of drug-likeness (QED) is 0.273. The largest absolute Gasteiger partial charge is 0.381 e. The van der Waals surface area contributed by atoms with E-state index in [0.29, 0.717) is 21.7 Å². The molecule has 6 rings (SSSR count). The molecule has 0 radical (unpaired) electrons.